The van der Waals surface area contributed by atoms with Crippen LogP contribution in [-0.4, -0.2) is 15.0 Å². The van der Waals surface area contributed by atoms with Gasteiger partial charge < -0.3 is 13.7 Å². The van der Waals surface area contributed by atoms with Crippen molar-refractivity contribution in [2.45, 2.75) is 0 Å². The minimum Gasteiger partial charge on any atom is -0.456 e. The maximum Gasteiger partial charge on any atom is 0.164 e. The highest BCUT2D eigenvalue weighted by Crippen LogP contribution is 2.45. The lowest BCUT2D eigenvalue weighted by atomic mass is 10.0. The van der Waals surface area contributed by atoms with E-state index in [0.717, 1.165) is 83.2 Å². The van der Waals surface area contributed by atoms with Crippen LogP contribution in [0.25, 0.3) is 89.2 Å². The van der Waals surface area contributed by atoms with Gasteiger partial charge in [0, 0.05) is 44.2 Å². The monoisotopic (exact) mass is 732 g/mol. The van der Waals surface area contributed by atoms with Crippen molar-refractivity contribution in [1.29, 1.82) is 0 Å². The van der Waals surface area contributed by atoms with Gasteiger partial charge in [0.1, 0.15) is 22.3 Å². The first-order valence-corrected chi connectivity index (χ1v) is 18.9. The first-order valence-electron chi connectivity index (χ1n) is 18.9. The number of hydrogen-bond donors (Lipinski definition) is 0. The topological polar surface area (TPSA) is 68.2 Å². The van der Waals surface area contributed by atoms with Crippen molar-refractivity contribution in [3.8, 4) is 45.3 Å². The molecule has 268 valence electrons. The second-order valence-corrected chi connectivity index (χ2v) is 14.0. The Labute approximate surface area is 328 Å². The van der Waals surface area contributed by atoms with E-state index < -0.39 is 0 Å². The second-order valence-electron chi connectivity index (χ2n) is 14.0. The molecule has 8 aromatic carbocycles. The van der Waals surface area contributed by atoms with Gasteiger partial charge >= 0.3 is 0 Å². The smallest absolute Gasteiger partial charge is 0.164 e. The van der Waals surface area contributed by atoms with Crippen LogP contribution < -0.4 is 4.90 Å². The van der Waals surface area contributed by atoms with Crippen molar-refractivity contribution in [2.24, 2.45) is 0 Å². The zero-order chi connectivity index (χ0) is 37.7. The summed E-state index contributed by atoms with van der Waals surface area (Å²) in [6, 6.07) is 66.4. The van der Waals surface area contributed by atoms with Crippen LogP contribution in [0.15, 0.2) is 203 Å². The third-order valence-corrected chi connectivity index (χ3v) is 10.5. The first kappa shape index (κ1) is 32.6. The Balaban J connectivity index is 1.08. The number of nitrogens with zero attached hydrogens (tertiary/aromatic N) is 4. The van der Waals surface area contributed by atoms with E-state index in [1.54, 1.807) is 0 Å². The van der Waals surface area contributed by atoms with Crippen LogP contribution in [0.3, 0.4) is 0 Å². The molecule has 3 aromatic heterocycles. The molecule has 6 nitrogen and oxygen atoms in total. The number of furan rings is 2. The van der Waals surface area contributed by atoms with Crippen LogP contribution in [-0.2, 0) is 0 Å². The van der Waals surface area contributed by atoms with Gasteiger partial charge in [0.25, 0.3) is 0 Å². The van der Waals surface area contributed by atoms with E-state index in [2.05, 4.69) is 108 Å². The third kappa shape index (κ3) is 5.79. The van der Waals surface area contributed by atoms with Gasteiger partial charge in [-0.05, 0) is 71.8 Å². The number of para-hydroxylation sites is 1. The number of anilines is 3. The van der Waals surface area contributed by atoms with Gasteiger partial charge in [-0.15, -0.1) is 0 Å². The number of aromatic nitrogens is 3. The maximum atomic E-state index is 6.69. The molecule has 11 rings (SSSR count). The third-order valence-electron chi connectivity index (χ3n) is 10.5. The molecule has 57 heavy (non-hydrogen) atoms. The minimum atomic E-state index is 0.575. The molecular weight excluding hydrogens is 701 g/mol. The lowest BCUT2D eigenvalue weighted by Gasteiger charge is -2.26. The molecule has 0 saturated carbocycles. The summed E-state index contributed by atoms with van der Waals surface area (Å²) in [7, 11) is 0. The highest BCUT2D eigenvalue weighted by Gasteiger charge is 2.22. The Bertz CT molecular complexity index is 3170. The van der Waals surface area contributed by atoms with Crippen molar-refractivity contribution in [3.63, 3.8) is 0 Å². The van der Waals surface area contributed by atoms with E-state index in [1.165, 1.54) is 5.56 Å². The first-order chi connectivity index (χ1) is 28.2. The Kier molecular flexibility index (Phi) is 7.71. The van der Waals surface area contributed by atoms with Crippen LogP contribution >= 0.6 is 0 Å². The van der Waals surface area contributed by atoms with Gasteiger partial charge in [0.2, 0.25) is 0 Å². The van der Waals surface area contributed by atoms with Gasteiger partial charge in [-0.2, -0.15) is 0 Å². The molecule has 0 amide bonds. The summed E-state index contributed by atoms with van der Waals surface area (Å²) in [5.74, 6) is 1.80. The number of rotatable bonds is 7. The van der Waals surface area contributed by atoms with Gasteiger partial charge in [-0.25, -0.2) is 15.0 Å². The van der Waals surface area contributed by atoms with Crippen molar-refractivity contribution < 1.29 is 8.83 Å². The summed E-state index contributed by atoms with van der Waals surface area (Å²) in [5.41, 5.74) is 11.3. The normalized spacial score (nSPS) is 11.5. The minimum absolute atomic E-state index is 0.575. The molecule has 6 heteroatoms. The van der Waals surface area contributed by atoms with Crippen molar-refractivity contribution in [2.75, 3.05) is 4.90 Å². The predicted molar refractivity (Wildman–Crippen MR) is 231 cm³/mol. The van der Waals surface area contributed by atoms with Crippen LogP contribution in [0, 0.1) is 0 Å². The molecule has 0 aliphatic rings. The fourth-order valence-electron chi connectivity index (χ4n) is 7.78. The fourth-order valence-corrected chi connectivity index (χ4v) is 7.78. The molecule has 0 unspecified atom stereocenters. The molecule has 0 spiro atoms. The maximum absolute atomic E-state index is 6.69. The van der Waals surface area contributed by atoms with Crippen LogP contribution in [0.4, 0.5) is 17.1 Å². The van der Waals surface area contributed by atoms with Gasteiger partial charge in [0.05, 0.1) is 11.1 Å². The Morgan fingerprint density at radius 1 is 0.316 bits per heavy atom. The van der Waals surface area contributed by atoms with Crippen molar-refractivity contribution >= 4 is 60.9 Å². The molecular formula is C51H32N4O2. The molecule has 11 aromatic rings. The standard InChI is InChI=1S/C51H32N4O2/c1-4-13-33(14-5-1)34-23-26-38(27-24-34)55(39-28-30-45-42(32-39)40-19-10-11-21-44(40)56-45)43-20-12-22-46-48(43)41-29-25-37(31-47(41)57-46)51-53-49(35-15-6-2-7-16-35)52-50(54-51)36-17-8-3-9-18-36/h1-32H. The fraction of sp³-hybridized carbons (Fsp3) is 0. The van der Waals surface area contributed by atoms with Crippen molar-refractivity contribution in [3.05, 3.63) is 194 Å². The van der Waals surface area contributed by atoms with E-state index in [0.29, 0.717) is 17.5 Å². The SMILES string of the molecule is c1ccc(-c2ccc(N(c3ccc4oc5ccccc5c4c3)c3cccc4oc5cc(-c6nc(-c7ccccc7)nc(-c7ccccc7)n6)ccc5c34)cc2)cc1. The summed E-state index contributed by atoms with van der Waals surface area (Å²) in [6.45, 7) is 0. The molecule has 3 heterocycles. The van der Waals surface area contributed by atoms with Gasteiger partial charge in [0.15, 0.2) is 17.5 Å². The Hall–Kier alpha value is -7.83. The molecule has 0 fully saturated rings. The molecule has 0 aliphatic carbocycles. The zero-order valence-corrected chi connectivity index (χ0v) is 30.6. The molecule has 0 N–H and O–H groups in total. The lowest BCUT2D eigenvalue weighted by molar-refractivity contribution is 0.668. The van der Waals surface area contributed by atoms with E-state index in [1.807, 2.05) is 91.0 Å². The highest BCUT2D eigenvalue weighted by molar-refractivity contribution is 6.14. The molecule has 0 bridgehead atoms. The van der Waals surface area contributed by atoms with E-state index in [-0.39, 0.29) is 0 Å². The zero-order valence-electron chi connectivity index (χ0n) is 30.6. The van der Waals surface area contributed by atoms with E-state index in [9.17, 15) is 0 Å². The van der Waals surface area contributed by atoms with E-state index >= 15 is 0 Å². The molecule has 0 aliphatic heterocycles. The summed E-state index contributed by atoms with van der Waals surface area (Å²) in [5, 5.41) is 4.14. The number of hydrogen-bond acceptors (Lipinski definition) is 6. The van der Waals surface area contributed by atoms with Gasteiger partial charge in [-0.1, -0.05) is 133 Å². The molecule has 0 atom stereocenters. The quantitative estimate of drug-likeness (QED) is 0.162. The predicted octanol–water partition coefficient (Wildman–Crippen LogP) is 13.8. The Morgan fingerprint density at radius 2 is 0.842 bits per heavy atom. The highest BCUT2D eigenvalue weighted by atomic mass is 16.3. The average molecular weight is 733 g/mol. The van der Waals surface area contributed by atoms with Crippen molar-refractivity contribution in [1.82, 2.24) is 15.0 Å². The van der Waals surface area contributed by atoms with Crippen LogP contribution in [0.1, 0.15) is 0 Å². The average Bonchev–Trinajstić information content (AvgIpc) is 3.86. The van der Waals surface area contributed by atoms with Gasteiger partial charge in [-0.3, -0.25) is 0 Å². The van der Waals surface area contributed by atoms with Crippen LogP contribution in [0.2, 0.25) is 0 Å². The van der Waals surface area contributed by atoms with Crippen LogP contribution in [0.5, 0.6) is 0 Å². The summed E-state index contributed by atoms with van der Waals surface area (Å²) in [4.78, 5) is 17.1. The summed E-state index contributed by atoms with van der Waals surface area (Å²) >= 11 is 0. The number of fused-ring (bicyclic) bond motifs is 6. The summed E-state index contributed by atoms with van der Waals surface area (Å²) < 4.78 is 12.9. The summed E-state index contributed by atoms with van der Waals surface area (Å²) in [6.07, 6.45) is 0. The molecule has 0 radical (unpaired) electrons. The number of benzene rings is 8. The Morgan fingerprint density at radius 3 is 1.54 bits per heavy atom. The molecule has 0 saturated heterocycles. The second kappa shape index (κ2) is 13.5. The lowest BCUT2D eigenvalue weighted by Crippen LogP contribution is -2.10. The van der Waals surface area contributed by atoms with E-state index in [4.69, 9.17) is 23.8 Å². The largest absolute Gasteiger partial charge is 0.456 e.